The van der Waals surface area contributed by atoms with E-state index in [4.69, 9.17) is 4.74 Å². The Morgan fingerprint density at radius 3 is 2.30 bits per heavy atom. The molecule has 178 valence electrons. The van der Waals surface area contributed by atoms with Gasteiger partial charge in [0.1, 0.15) is 11.8 Å². The molecule has 5 nitrogen and oxygen atoms in total. The lowest BCUT2D eigenvalue weighted by molar-refractivity contribution is -0.142. The van der Waals surface area contributed by atoms with Crippen LogP contribution in [0.2, 0.25) is 0 Å². The number of benzene rings is 2. The fraction of sp³-hybridized carbons (Fsp3) is 0.500. The minimum Gasteiger partial charge on any atom is -0.484 e. The van der Waals surface area contributed by atoms with Crippen molar-refractivity contribution in [3.63, 3.8) is 0 Å². The molecule has 0 bridgehead atoms. The Kier molecular flexibility index (Phi) is 9.35. The van der Waals surface area contributed by atoms with Crippen LogP contribution in [0.25, 0.3) is 0 Å². The van der Waals surface area contributed by atoms with Gasteiger partial charge in [0.05, 0.1) is 0 Å². The molecule has 5 heteroatoms. The van der Waals surface area contributed by atoms with E-state index in [1.807, 2.05) is 49.4 Å². The summed E-state index contributed by atoms with van der Waals surface area (Å²) in [5.41, 5.74) is 2.37. The molecule has 1 aliphatic carbocycles. The number of hydrogen-bond acceptors (Lipinski definition) is 3. The van der Waals surface area contributed by atoms with Crippen LogP contribution in [-0.2, 0) is 16.0 Å². The highest BCUT2D eigenvalue weighted by Gasteiger charge is 2.30. The van der Waals surface area contributed by atoms with Crippen molar-refractivity contribution in [1.29, 1.82) is 0 Å². The number of carbonyl (C=O) groups excluding carboxylic acids is 2. The average Bonchev–Trinajstić information content (AvgIpc) is 3.34. The van der Waals surface area contributed by atoms with E-state index in [0.717, 1.165) is 31.2 Å². The summed E-state index contributed by atoms with van der Waals surface area (Å²) in [5.74, 6) is 0.899. The second-order valence-corrected chi connectivity index (χ2v) is 9.25. The van der Waals surface area contributed by atoms with Crippen LogP contribution in [0, 0.1) is 0 Å². The first-order valence-electron chi connectivity index (χ1n) is 12.3. The van der Waals surface area contributed by atoms with Gasteiger partial charge in [-0.15, -0.1) is 0 Å². The van der Waals surface area contributed by atoms with E-state index in [-0.39, 0.29) is 24.5 Å². The van der Waals surface area contributed by atoms with Crippen molar-refractivity contribution >= 4 is 11.8 Å². The predicted octanol–water partition coefficient (Wildman–Crippen LogP) is 5.10. The topological polar surface area (TPSA) is 58.6 Å². The molecule has 1 saturated carbocycles. The molecule has 0 heterocycles. The molecule has 0 unspecified atom stereocenters. The number of carbonyl (C=O) groups is 2. The quantitative estimate of drug-likeness (QED) is 0.518. The van der Waals surface area contributed by atoms with Gasteiger partial charge in [-0.3, -0.25) is 9.59 Å². The molecule has 0 spiro atoms. The average molecular weight is 451 g/mol. The van der Waals surface area contributed by atoms with E-state index in [0.29, 0.717) is 31.1 Å². The summed E-state index contributed by atoms with van der Waals surface area (Å²) in [7, 11) is 0. The van der Waals surface area contributed by atoms with Crippen molar-refractivity contribution in [2.75, 3.05) is 13.2 Å². The van der Waals surface area contributed by atoms with Gasteiger partial charge in [0, 0.05) is 12.6 Å². The molecule has 1 atom stereocenters. The van der Waals surface area contributed by atoms with E-state index >= 15 is 0 Å². The van der Waals surface area contributed by atoms with Crippen molar-refractivity contribution in [3.05, 3.63) is 65.7 Å². The smallest absolute Gasteiger partial charge is 0.261 e. The summed E-state index contributed by atoms with van der Waals surface area (Å²) in [6.07, 6.45) is 5.62. The summed E-state index contributed by atoms with van der Waals surface area (Å²) in [6, 6.07) is 17.7. The van der Waals surface area contributed by atoms with Crippen LogP contribution < -0.4 is 10.1 Å². The Bertz CT molecular complexity index is 874. The third-order valence-electron chi connectivity index (χ3n) is 6.48. The number of rotatable bonds is 11. The molecule has 0 aromatic heterocycles. The van der Waals surface area contributed by atoms with Crippen LogP contribution in [0.1, 0.15) is 69.9 Å². The van der Waals surface area contributed by atoms with Gasteiger partial charge < -0.3 is 15.0 Å². The van der Waals surface area contributed by atoms with E-state index in [2.05, 4.69) is 31.3 Å². The monoisotopic (exact) mass is 450 g/mol. The molecule has 33 heavy (non-hydrogen) atoms. The fourth-order valence-corrected chi connectivity index (χ4v) is 4.44. The third kappa shape index (κ3) is 7.34. The number of ether oxygens (including phenoxy) is 1. The summed E-state index contributed by atoms with van der Waals surface area (Å²) in [6.45, 7) is 6.66. The van der Waals surface area contributed by atoms with Crippen LogP contribution >= 0.6 is 0 Å². The normalized spacial score (nSPS) is 14.8. The first-order chi connectivity index (χ1) is 16.0. The number of nitrogens with zero attached hydrogens (tertiary/aromatic N) is 1. The maximum Gasteiger partial charge on any atom is 0.261 e. The van der Waals surface area contributed by atoms with Crippen molar-refractivity contribution in [3.8, 4) is 5.75 Å². The Labute approximate surface area is 198 Å². The van der Waals surface area contributed by atoms with Crippen molar-refractivity contribution < 1.29 is 14.3 Å². The maximum absolute atomic E-state index is 13.3. The van der Waals surface area contributed by atoms with Crippen LogP contribution in [0.5, 0.6) is 5.75 Å². The molecule has 3 rings (SSSR count). The molecule has 0 aliphatic heterocycles. The fourth-order valence-electron chi connectivity index (χ4n) is 4.44. The van der Waals surface area contributed by atoms with Gasteiger partial charge in [0.15, 0.2) is 6.61 Å². The number of nitrogens with one attached hydrogen (secondary N) is 1. The second kappa shape index (κ2) is 12.4. The zero-order valence-electron chi connectivity index (χ0n) is 20.3. The molecule has 1 aliphatic rings. The SMILES string of the molecule is CC[C@H](C(=O)NC1CCCC1)N(CCc1ccccc1)C(=O)COc1ccc(C(C)C)cc1. The highest BCUT2D eigenvalue weighted by atomic mass is 16.5. The lowest BCUT2D eigenvalue weighted by atomic mass is 10.0. The molecule has 2 aromatic carbocycles. The molecule has 0 radical (unpaired) electrons. The van der Waals surface area contributed by atoms with Crippen molar-refractivity contribution in [2.45, 2.75) is 77.3 Å². The van der Waals surface area contributed by atoms with Gasteiger partial charge in [-0.05, 0) is 54.9 Å². The standard InChI is InChI=1S/C28H38N2O3/c1-4-26(28(32)29-24-12-8-9-13-24)30(19-18-22-10-6-5-7-11-22)27(31)20-33-25-16-14-23(15-17-25)21(2)3/h5-7,10-11,14-17,21,24,26H,4,8-9,12-13,18-20H2,1-3H3,(H,29,32)/t26-/m1/s1. The minimum absolute atomic E-state index is 0.0490. The molecule has 1 fully saturated rings. The van der Waals surface area contributed by atoms with E-state index in [1.165, 1.54) is 5.56 Å². The Balaban J connectivity index is 1.68. The van der Waals surface area contributed by atoms with Gasteiger partial charge >= 0.3 is 0 Å². The van der Waals surface area contributed by atoms with Crippen LogP contribution in [0.15, 0.2) is 54.6 Å². The van der Waals surface area contributed by atoms with Gasteiger partial charge in [0.2, 0.25) is 5.91 Å². The molecule has 1 N–H and O–H groups in total. The molecular formula is C28H38N2O3. The lowest BCUT2D eigenvalue weighted by Crippen LogP contribution is -2.52. The summed E-state index contributed by atoms with van der Waals surface area (Å²) in [5, 5.41) is 3.18. The number of hydrogen-bond donors (Lipinski definition) is 1. The van der Waals surface area contributed by atoms with Crippen LogP contribution in [0.3, 0.4) is 0 Å². The van der Waals surface area contributed by atoms with Gasteiger partial charge in [-0.1, -0.05) is 76.1 Å². The first kappa shape index (κ1) is 24.8. The molecule has 0 saturated heterocycles. The van der Waals surface area contributed by atoms with Crippen LogP contribution in [0.4, 0.5) is 0 Å². The largest absolute Gasteiger partial charge is 0.484 e. The second-order valence-electron chi connectivity index (χ2n) is 9.25. The summed E-state index contributed by atoms with van der Waals surface area (Å²) < 4.78 is 5.82. The number of amides is 2. The Hall–Kier alpha value is -2.82. The molecule has 2 amide bonds. The van der Waals surface area contributed by atoms with Crippen molar-refractivity contribution in [1.82, 2.24) is 10.2 Å². The minimum atomic E-state index is -0.492. The maximum atomic E-state index is 13.3. The molecule has 2 aromatic rings. The first-order valence-corrected chi connectivity index (χ1v) is 12.3. The highest BCUT2D eigenvalue weighted by Crippen LogP contribution is 2.20. The highest BCUT2D eigenvalue weighted by molar-refractivity contribution is 5.88. The van der Waals surface area contributed by atoms with Gasteiger partial charge in [-0.2, -0.15) is 0 Å². The zero-order valence-corrected chi connectivity index (χ0v) is 20.3. The van der Waals surface area contributed by atoms with E-state index in [9.17, 15) is 9.59 Å². The summed E-state index contributed by atoms with van der Waals surface area (Å²) >= 11 is 0. The van der Waals surface area contributed by atoms with Crippen LogP contribution in [-0.4, -0.2) is 41.9 Å². The lowest BCUT2D eigenvalue weighted by Gasteiger charge is -2.31. The van der Waals surface area contributed by atoms with Gasteiger partial charge in [-0.25, -0.2) is 0 Å². The van der Waals surface area contributed by atoms with E-state index in [1.54, 1.807) is 4.90 Å². The Morgan fingerprint density at radius 1 is 1.03 bits per heavy atom. The van der Waals surface area contributed by atoms with Crippen molar-refractivity contribution in [2.24, 2.45) is 0 Å². The summed E-state index contributed by atoms with van der Waals surface area (Å²) in [4.78, 5) is 28.1. The third-order valence-corrected chi connectivity index (χ3v) is 6.48. The van der Waals surface area contributed by atoms with Gasteiger partial charge in [0.25, 0.3) is 5.91 Å². The Morgan fingerprint density at radius 2 is 1.70 bits per heavy atom. The molecular weight excluding hydrogens is 412 g/mol. The zero-order chi connectivity index (χ0) is 23.6. The predicted molar refractivity (Wildman–Crippen MR) is 132 cm³/mol. The van der Waals surface area contributed by atoms with E-state index < -0.39 is 6.04 Å².